The third kappa shape index (κ3) is 6.34. The average Bonchev–Trinajstić information content (AvgIpc) is 2.76. The highest BCUT2D eigenvalue weighted by molar-refractivity contribution is 5.91. The van der Waals surface area contributed by atoms with Gasteiger partial charge in [0.25, 0.3) is 0 Å². The summed E-state index contributed by atoms with van der Waals surface area (Å²) in [5.41, 5.74) is 3.00. The number of rotatable bonds is 9. The van der Waals surface area contributed by atoms with E-state index in [1.54, 1.807) is 0 Å². The van der Waals surface area contributed by atoms with Gasteiger partial charge in [-0.3, -0.25) is 9.59 Å². The maximum Gasteiger partial charge on any atom is 0.227 e. The van der Waals surface area contributed by atoms with Crippen molar-refractivity contribution in [2.75, 3.05) is 11.9 Å². The fourth-order valence-electron chi connectivity index (χ4n) is 3.66. The van der Waals surface area contributed by atoms with Crippen LogP contribution in [0.3, 0.4) is 0 Å². The second kappa shape index (κ2) is 10.8. The van der Waals surface area contributed by atoms with Gasteiger partial charge < -0.3 is 15.4 Å². The Balaban J connectivity index is 1.52. The van der Waals surface area contributed by atoms with E-state index in [0.717, 1.165) is 42.7 Å². The summed E-state index contributed by atoms with van der Waals surface area (Å²) in [6.07, 6.45) is 4.85. The fourth-order valence-corrected chi connectivity index (χ4v) is 3.66. The second-order valence-electron chi connectivity index (χ2n) is 8.12. The molecule has 0 spiro atoms. The van der Waals surface area contributed by atoms with Crippen molar-refractivity contribution >= 4 is 17.5 Å². The molecule has 0 bridgehead atoms. The van der Waals surface area contributed by atoms with E-state index in [4.69, 9.17) is 4.74 Å². The summed E-state index contributed by atoms with van der Waals surface area (Å²) < 4.78 is 5.82. The van der Waals surface area contributed by atoms with Gasteiger partial charge >= 0.3 is 0 Å². The SMILES string of the molecule is CCCCC(=O)Nc1ccc2c(c1)C[C@@H](C(=O)N[C@H](C)CCc1ccccc1)CO2. The molecule has 3 rings (SSSR count). The molecule has 0 fully saturated rings. The number of amides is 2. The number of nitrogens with one attached hydrogen (secondary N) is 2. The molecule has 0 saturated carbocycles. The Morgan fingerprint density at radius 2 is 1.97 bits per heavy atom. The van der Waals surface area contributed by atoms with Crippen molar-refractivity contribution in [1.82, 2.24) is 5.32 Å². The smallest absolute Gasteiger partial charge is 0.227 e. The summed E-state index contributed by atoms with van der Waals surface area (Å²) >= 11 is 0. The quantitative estimate of drug-likeness (QED) is 0.642. The molecule has 0 saturated heterocycles. The standard InChI is InChI=1S/C25H32N2O3/c1-3-4-10-24(28)27-22-13-14-23-20(16-22)15-21(17-30-23)25(29)26-18(2)11-12-19-8-6-5-7-9-19/h5-9,13-14,16,18,21H,3-4,10-12,15,17H2,1-2H3,(H,26,29)(H,27,28)/t18-,21-/m1/s1. The van der Waals surface area contributed by atoms with Gasteiger partial charge in [0.1, 0.15) is 12.4 Å². The van der Waals surface area contributed by atoms with Crippen molar-refractivity contribution in [2.24, 2.45) is 5.92 Å². The Labute approximate surface area is 179 Å². The molecule has 5 nitrogen and oxygen atoms in total. The molecule has 0 radical (unpaired) electrons. The Morgan fingerprint density at radius 1 is 1.17 bits per heavy atom. The van der Waals surface area contributed by atoms with Crippen molar-refractivity contribution in [2.45, 2.75) is 58.4 Å². The molecule has 0 aliphatic carbocycles. The molecule has 2 N–H and O–H groups in total. The van der Waals surface area contributed by atoms with Crippen molar-refractivity contribution in [3.05, 3.63) is 59.7 Å². The lowest BCUT2D eigenvalue weighted by atomic mass is 9.95. The number of carbonyl (C=O) groups is 2. The summed E-state index contributed by atoms with van der Waals surface area (Å²) in [7, 11) is 0. The largest absolute Gasteiger partial charge is 0.492 e. The van der Waals surface area contributed by atoms with Crippen LogP contribution in [0.25, 0.3) is 0 Å². The van der Waals surface area contributed by atoms with Crippen LogP contribution in [-0.4, -0.2) is 24.5 Å². The molecule has 1 aliphatic rings. The predicted molar refractivity (Wildman–Crippen MR) is 120 cm³/mol. The zero-order chi connectivity index (χ0) is 21.3. The third-order valence-corrected chi connectivity index (χ3v) is 5.48. The maximum absolute atomic E-state index is 12.7. The number of carbonyl (C=O) groups excluding carboxylic acids is 2. The molecule has 0 aromatic heterocycles. The Morgan fingerprint density at radius 3 is 2.73 bits per heavy atom. The number of hydrogen-bond acceptors (Lipinski definition) is 3. The van der Waals surface area contributed by atoms with Crippen LogP contribution in [-0.2, 0) is 22.4 Å². The maximum atomic E-state index is 12.7. The minimum Gasteiger partial charge on any atom is -0.492 e. The molecule has 30 heavy (non-hydrogen) atoms. The highest BCUT2D eigenvalue weighted by Gasteiger charge is 2.27. The number of anilines is 1. The van der Waals surface area contributed by atoms with E-state index in [0.29, 0.717) is 19.4 Å². The number of aryl methyl sites for hydroxylation is 1. The Bertz CT molecular complexity index is 851. The van der Waals surface area contributed by atoms with Crippen LogP contribution in [0.4, 0.5) is 5.69 Å². The van der Waals surface area contributed by atoms with Gasteiger partial charge in [-0.25, -0.2) is 0 Å². The van der Waals surface area contributed by atoms with Crippen LogP contribution in [0, 0.1) is 5.92 Å². The first-order chi connectivity index (χ1) is 14.5. The molecule has 0 unspecified atom stereocenters. The van der Waals surface area contributed by atoms with E-state index in [1.807, 2.05) is 43.3 Å². The van der Waals surface area contributed by atoms with Crippen LogP contribution in [0.1, 0.15) is 50.7 Å². The minimum absolute atomic E-state index is 0.0232. The third-order valence-electron chi connectivity index (χ3n) is 5.48. The van der Waals surface area contributed by atoms with E-state index >= 15 is 0 Å². The first-order valence-corrected chi connectivity index (χ1v) is 10.9. The lowest BCUT2D eigenvalue weighted by Gasteiger charge is -2.26. The monoisotopic (exact) mass is 408 g/mol. The van der Waals surface area contributed by atoms with Gasteiger partial charge in [-0.15, -0.1) is 0 Å². The molecular weight excluding hydrogens is 376 g/mol. The van der Waals surface area contributed by atoms with E-state index in [-0.39, 0.29) is 23.8 Å². The summed E-state index contributed by atoms with van der Waals surface area (Å²) in [5.74, 6) is 0.624. The summed E-state index contributed by atoms with van der Waals surface area (Å²) in [6, 6.07) is 16.1. The molecule has 1 heterocycles. The molecule has 160 valence electrons. The highest BCUT2D eigenvalue weighted by atomic mass is 16.5. The highest BCUT2D eigenvalue weighted by Crippen LogP contribution is 2.30. The summed E-state index contributed by atoms with van der Waals surface area (Å²) in [4.78, 5) is 24.7. The molecule has 2 atom stereocenters. The van der Waals surface area contributed by atoms with Crippen LogP contribution in [0.5, 0.6) is 5.75 Å². The van der Waals surface area contributed by atoms with Crippen molar-refractivity contribution in [3.63, 3.8) is 0 Å². The van der Waals surface area contributed by atoms with Gasteiger partial charge in [0.2, 0.25) is 11.8 Å². The Kier molecular flexibility index (Phi) is 7.89. The normalized spacial score (nSPS) is 16.1. The van der Waals surface area contributed by atoms with Gasteiger partial charge in [0, 0.05) is 18.2 Å². The first kappa shape index (κ1) is 21.9. The Hall–Kier alpha value is -2.82. The second-order valence-corrected chi connectivity index (χ2v) is 8.12. The molecule has 1 aliphatic heterocycles. The van der Waals surface area contributed by atoms with Gasteiger partial charge in [0.15, 0.2) is 0 Å². The van der Waals surface area contributed by atoms with Crippen LogP contribution in [0.2, 0.25) is 0 Å². The van der Waals surface area contributed by atoms with Crippen molar-refractivity contribution in [1.29, 1.82) is 0 Å². The summed E-state index contributed by atoms with van der Waals surface area (Å²) in [6.45, 7) is 4.49. The first-order valence-electron chi connectivity index (χ1n) is 10.9. The number of hydrogen-bond donors (Lipinski definition) is 2. The number of fused-ring (bicyclic) bond motifs is 1. The van der Waals surface area contributed by atoms with Gasteiger partial charge in [0.05, 0.1) is 5.92 Å². The number of ether oxygens (including phenoxy) is 1. The van der Waals surface area contributed by atoms with E-state index in [2.05, 4.69) is 29.7 Å². The van der Waals surface area contributed by atoms with Crippen molar-refractivity contribution in [3.8, 4) is 5.75 Å². The van der Waals surface area contributed by atoms with E-state index < -0.39 is 0 Å². The van der Waals surface area contributed by atoms with Crippen LogP contribution >= 0.6 is 0 Å². The predicted octanol–water partition coefficient (Wildman–Crippen LogP) is 4.50. The van der Waals surface area contributed by atoms with Crippen LogP contribution < -0.4 is 15.4 Å². The number of benzene rings is 2. The molecular formula is C25H32N2O3. The molecule has 2 aromatic rings. The minimum atomic E-state index is -0.220. The average molecular weight is 409 g/mol. The number of unbranched alkanes of at least 4 members (excludes halogenated alkanes) is 1. The van der Waals surface area contributed by atoms with E-state index in [1.165, 1.54) is 5.56 Å². The van der Waals surface area contributed by atoms with Gasteiger partial charge in [-0.05, 0) is 61.9 Å². The zero-order valence-corrected chi connectivity index (χ0v) is 17.9. The zero-order valence-electron chi connectivity index (χ0n) is 17.9. The summed E-state index contributed by atoms with van der Waals surface area (Å²) in [5, 5.41) is 6.07. The molecule has 2 aromatic carbocycles. The van der Waals surface area contributed by atoms with Crippen molar-refractivity contribution < 1.29 is 14.3 Å². The topological polar surface area (TPSA) is 67.4 Å². The fraction of sp³-hybridized carbons (Fsp3) is 0.440. The lowest BCUT2D eigenvalue weighted by molar-refractivity contribution is -0.127. The van der Waals surface area contributed by atoms with E-state index in [9.17, 15) is 9.59 Å². The van der Waals surface area contributed by atoms with Gasteiger partial charge in [-0.2, -0.15) is 0 Å². The van der Waals surface area contributed by atoms with Crippen LogP contribution in [0.15, 0.2) is 48.5 Å². The lowest BCUT2D eigenvalue weighted by Crippen LogP contribution is -2.41. The molecule has 2 amide bonds. The molecule has 5 heteroatoms. The van der Waals surface area contributed by atoms with Gasteiger partial charge in [-0.1, -0.05) is 43.7 Å².